The number of hydrogen-bond acceptors (Lipinski definition) is 5. The Morgan fingerprint density at radius 3 is 2.52 bits per heavy atom. The maximum absolute atomic E-state index is 13.4. The molecule has 2 aromatic heterocycles. The molecule has 7 heteroatoms. The quantitative estimate of drug-likeness (QED) is 0.418. The smallest absolute Gasteiger partial charge is 0.270 e. The Hall–Kier alpha value is -4.13. The molecule has 0 unspecified atom stereocenters. The van der Waals surface area contributed by atoms with Crippen molar-refractivity contribution >= 4 is 34.0 Å². The number of aromatic nitrogens is 2. The van der Waals surface area contributed by atoms with Crippen LogP contribution in [0.4, 0.5) is 11.4 Å². The summed E-state index contributed by atoms with van der Waals surface area (Å²) < 4.78 is 0. The molecule has 0 saturated carbocycles. The van der Waals surface area contributed by atoms with Gasteiger partial charge in [0.2, 0.25) is 0 Å². The summed E-state index contributed by atoms with van der Waals surface area (Å²) in [5.41, 5.74) is 10.3. The number of rotatable bonds is 6. The number of aromatic amines is 1. The number of ketones is 1. The zero-order valence-electron chi connectivity index (χ0n) is 17.3. The normalized spacial score (nSPS) is 10.8. The summed E-state index contributed by atoms with van der Waals surface area (Å²) in [5.74, 6) is -0.434. The van der Waals surface area contributed by atoms with Crippen molar-refractivity contribution in [2.45, 2.75) is 6.54 Å². The van der Waals surface area contributed by atoms with E-state index in [0.29, 0.717) is 29.1 Å². The Bertz CT molecular complexity index is 1260. The number of carbonyl (C=O) groups excluding carboxylic acids is 2. The van der Waals surface area contributed by atoms with E-state index in [2.05, 4.69) is 15.3 Å². The SMILES string of the molecule is CN(C)C(=O)c1[nH]c2ccccc2c1C(=O)c1ccc(CNc2ccncc2N)cc1. The van der Waals surface area contributed by atoms with E-state index in [1.165, 1.54) is 4.90 Å². The molecule has 7 nitrogen and oxygen atoms in total. The fraction of sp³-hybridized carbons (Fsp3) is 0.125. The molecule has 4 N–H and O–H groups in total. The van der Waals surface area contributed by atoms with Crippen molar-refractivity contribution in [3.63, 3.8) is 0 Å². The van der Waals surface area contributed by atoms with Gasteiger partial charge in [-0.25, -0.2) is 0 Å². The summed E-state index contributed by atoms with van der Waals surface area (Å²) >= 11 is 0. The van der Waals surface area contributed by atoms with E-state index >= 15 is 0 Å². The topological polar surface area (TPSA) is 104 Å². The van der Waals surface area contributed by atoms with E-state index < -0.39 is 0 Å². The van der Waals surface area contributed by atoms with Gasteiger partial charge < -0.3 is 20.9 Å². The second kappa shape index (κ2) is 8.31. The second-order valence-corrected chi connectivity index (χ2v) is 7.46. The average molecular weight is 413 g/mol. The van der Waals surface area contributed by atoms with Crippen LogP contribution in [0.3, 0.4) is 0 Å². The molecule has 0 bridgehead atoms. The lowest BCUT2D eigenvalue weighted by atomic mass is 9.98. The van der Waals surface area contributed by atoms with Crippen LogP contribution in [0.15, 0.2) is 67.0 Å². The molecule has 0 spiro atoms. The Morgan fingerprint density at radius 1 is 1.06 bits per heavy atom. The van der Waals surface area contributed by atoms with Gasteiger partial charge in [-0.2, -0.15) is 0 Å². The molecule has 0 atom stereocenters. The first-order valence-corrected chi connectivity index (χ1v) is 9.85. The summed E-state index contributed by atoms with van der Waals surface area (Å²) in [7, 11) is 3.33. The van der Waals surface area contributed by atoms with Crippen molar-refractivity contribution in [3.8, 4) is 0 Å². The van der Waals surface area contributed by atoms with E-state index in [9.17, 15) is 9.59 Å². The third kappa shape index (κ3) is 3.98. The number of anilines is 2. The molecule has 2 heterocycles. The molecule has 4 aromatic rings. The van der Waals surface area contributed by atoms with E-state index in [4.69, 9.17) is 5.73 Å². The average Bonchev–Trinajstić information content (AvgIpc) is 3.17. The van der Waals surface area contributed by atoms with E-state index in [-0.39, 0.29) is 11.7 Å². The molecule has 0 aliphatic heterocycles. The van der Waals surface area contributed by atoms with Gasteiger partial charge >= 0.3 is 0 Å². The van der Waals surface area contributed by atoms with Crippen molar-refractivity contribution in [3.05, 3.63) is 89.4 Å². The van der Waals surface area contributed by atoms with Crippen molar-refractivity contribution in [1.29, 1.82) is 0 Å². The van der Waals surface area contributed by atoms with Gasteiger partial charge in [0.25, 0.3) is 5.91 Å². The Kier molecular flexibility index (Phi) is 5.41. The molecular weight excluding hydrogens is 390 g/mol. The zero-order chi connectivity index (χ0) is 22.0. The van der Waals surface area contributed by atoms with Crippen LogP contribution < -0.4 is 11.1 Å². The van der Waals surface area contributed by atoms with Gasteiger partial charge in [-0.1, -0.05) is 42.5 Å². The molecule has 156 valence electrons. The number of hydrogen-bond donors (Lipinski definition) is 3. The van der Waals surface area contributed by atoms with Gasteiger partial charge in [0.1, 0.15) is 5.69 Å². The number of nitrogens with one attached hydrogen (secondary N) is 2. The van der Waals surface area contributed by atoms with Gasteiger partial charge in [-0.15, -0.1) is 0 Å². The van der Waals surface area contributed by atoms with Gasteiger partial charge in [0, 0.05) is 43.3 Å². The van der Waals surface area contributed by atoms with Gasteiger partial charge in [0.15, 0.2) is 5.78 Å². The highest BCUT2D eigenvalue weighted by atomic mass is 16.2. The highest BCUT2D eigenvalue weighted by Crippen LogP contribution is 2.26. The van der Waals surface area contributed by atoms with Crippen molar-refractivity contribution in [2.24, 2.45) is 0 Å². The first-order valence-electron chi connectivity index (χ1n) is 9.85. The van der Waals surface area contributed by atoms with Crippen molar-refractivity contribution in [1.82, 2.24) is 14.9 Å². The number of carbonyl (C=O) groups is 2. The summed E-state index contributed by atoms with van der Waals surface area (Å²) in [6.45, 7) is 0.556. The lowest BCUT2D eigenvalue weighted by Gasteiger charge is -2.11. The molecule has 4 rings (SSSR count). The minimum absolute atomic E-state index is 0.194. The molecule has 0 aliphatic rings. The molecule has 0 radical (unpaired) electrons. The zero-order valence-corrected chi connectivity index (χ0v) is 17.3. The fourth-order valence-electron chi connectivity index (χ4n) is 3.45. The van der Waals surface area contributed by atoms with Crippen molar-refractivity contribution < 1.29 is 9.59 Å². The molecular formula is C24H23N5O2. The summed E-state index contributed by atoms with van der Waals surface area (Å²) in [5, 5.41) is 3.99. The molecule has 0 fully saturated rings. The summed E-state index contributed by atoms with van der Waals surface area (Å²) in [4.78, 5) is 34.6. The largest absolute Gasteiger partial charge is 0.396 e. The number of benzene rings is 2. The molecule has 1 amide bonds. The third-order valence-corrected chi connectivity index (χ3v) is 5.10. The number of nitrogens with two attached hydrogens (primary N) is 1. The van der Waals surface area contributed by atoms with Crippen LogP contribution >= 0.6 is 0 Å². The van der Waals surface area contributed by atoms with Crippen LogP contribution in [-0.2, 0) is 6.54 Å². The first-order chi connectivity index (χ1) is 15.0. The number of pyridine rings is 1. The lowest BCUT2D eigenvalue weighted by Crippen LogP contribution is -2.24. The van der Waals surface area contributed by atoms with Crippen LogP contribution in [0.25, 0.3) is 10.9 Å². The molecule has 31 heavy (non-hydrogen) atoms. The van der Waals surface area contributed by atoms with Gasteiger partial charge in [0.05, 0.1) is 23.1 Å². The van der Waals surface area contributed by atoms with E-state index in [1.807, 2.05) is 42.5 Å². The number of para-hydroxylation sites is 1. The van der Waals surface area contributed by atoms with E-state index in [1.54, 1.807) is 38.6 Å². The highest BCUT2D eigenvalue weighted by molar-refractivity contribution is 6.21. The van der Waals surface area contributed by atoms with Gasteiger partial charge in [-0.05, 0) is 17.7 Å². The number of nitrogens with zero attached hydrogens (tertiary/aromatic N) is 2. The van der Waals surface area contributed by atoms with Gasteiger partial charge in [-0.3, -0.25) is 14.6 Å². The molecule has 2 aromatic carbocycles. The standard InChI is InChI=1S/C24H23N5O2/c1-29(2)24(31)22-21(17-5-3-4-6-19(17)28-22)23(30)16-9-7-15(8-10-16)13-27-20-11-12-26-14-18(20)25/h3-12,14,28H,13,25H2,1-2H3,(H,26,27). The monoisotopic (exact) mass is 413 g/mol. The van der Waals surface area contributed by atoms with Crippen LogP contribution in [0.5, 0.6) is 0 Å². The number of H-pyrrole nitrogens is 1. The van der Waals surface area contributed by atoms with E-state index in [0.717, 1.165) is 22.2 Å². The first kappa shape index (κ1) is 20.2. The third-order valence-electron chi connectivity index (χ3n) is 5.10. The lowest BCUT2D eigenvalue weighted by molar-refractivity contribution is 0.0817. The Labute approximate surface area is 179 Å². The second-order valence-electron chi connectivity index (χ2n) is 7.46. The maximum atomic E-state index is 13.4. The van der Waals surface area contributed by atoms with Crippen LogP contribution in [0.1, 0.15) is 32.0 Å². The minimum Gasteiger partial charge on any atom is -0.396 e. The number of amides is 1. The maximum Gasteiger partial charge on any atom is 0.270 e. The van der Waals surface area contributed by atoms with Crippen LogP contribution in [0.2, 0.25) is 0 Å². The predicted molar refractivity (Wildman–Crippen MR) is 122 cm³/mol. The predicted octanol–water partition coefficient (Wildman–Crippen LogP) is 3.69. The molecule has 0 aliphatic carbocycles. The Balaban J connectivity index is 1.61. The van der Waals surface area contributed by atoms with Crippen LogP contribution in [0, 0.1) is 0 Å². The number of fused-ring (bicyclic) bond motifs is 1. The van der Waals surface area contributed by atoms with Crippen molar-refractivity contribution in [2.75, 3.05) is 25.1 Å². The highest BCUT2D eigenvalue weighted by Gasteiger charge is 2.25. The Morgan fingerprint density at radius 2 is 1.81 bits per heavy atom. The summed E-state index contributed by atoms with van der Waals surface area (Å²) in [6.07, 6.45) is 3.27. The minimum atomic E-state index is -0.240. The summed E-state index contributed by atoms with van der Waals surface area (Å²) in [6, 6.07) is 16.6. The fourth-order valence-corrected chi connectivity index (χ4v) is 3.45. The molecule has 0 saturated heterocycles. The van der Waals surface area contributed by atoms with Crippen LogP contribution in [-0.4, -0.2) is 40.7 Å². The number of nitrogen functional groups attached to an aromatic ring is 1.